The molecule has 4 heteroatoms. The molecule has 2 rings (SSSR count). The Morgan fingerprint density at radius 1 is 1.29 bits per heavy atom. The van der Waals surface area contributed by atoms with Crippen molar-refractivity contribution in [3.05, 3.63) is 54.1 Å². The molecule has 0 amide bonds. The summed E-state index contributed by atoms with van der Waals surface area (Å²) in [5.41, 5.74) is 1.15. The summed E-state index contributed by atoms with van der Waals surface area (Å²) in [6.45, 7) is 1.79. The lowest BCUT2D eigenvalue weighted by molar-refractivity contribution is 0.107. The Bertz CT molecular complexity index is 465. The summed E-state index contributed by atoms with van der Waals surface area (Å²) in [5.74, 6) is 0.438. The van der Waals surface area contributed by atoms with Gasteiger partial charge in [0.2, 0.25) is 0 Å². The van der Waals surface area contributed by atoms with E-state index in [9.17, 15) is 4.79 Å². The molecule has 0 aliphatic rings. The number of benzene rings is 1. The molecule has 88 valence electrons. The predicted octanol–water partition coefficient (Wildman–Crippen LogP) is 1.91. The van der Waals surface area contributed by atoms with Crippen LogP contribution in [-0.2, 0) is 17.9 Å². The second-order valence-electron chi connectivity index (χ2n) is 3.63. The van der Waals surface area contributed by atoms with Crippen molar-refractivity contribution >= 4 is 6.29 Å². The highest BCUT2D eigenvalue weighted by Gasteiger charge is 2.00. The van der Waals surface area contributed by atoms with Crippen molar-refractivity contribution in [3.8, 4) is 0 Å². The molecular weight excluding hydrogens is 216 g/mol. The number of hydrogen-bond donors (Lipinski definition) is 0. The van der Waals surface area contributed by atoms with Gasteiger partial charge in [-0.1, -0.05) is 30.3 Å². The number of aldehydes is 1. The van der Waals surface area contributed by atoms with Gasteiger partial charge in [-0.2, -0.15) is 0 Å². The Hall–Kier alpha value is -1.94. The number of hydrogen-bond acceptors (Lipinski definition) is 3. The van der Waals surface area contributed by atoms with E-state index in [1.54, 1.807) is 17.0 Å². The molecule has 0 radical (unpaired) electrons. The van der Waals surface area contributed by atoms with Gasteiger partial charge < -0.3 is 9.30 Å². The number of nitrogens with zero attached hydrogens (tertiary/aromatic N) is 2. The second-order valence-corrected chi connectivity index (χ2v) is 3.63. The van der Waals surface area contributed by atoms with E-state index >= 15 is 0 Å². The molecule has 0 fully saturated rings. The summed E-state index contributed by atoms with van der Waals surface area (Å²) in [6.07, 6.45) is 4.13. The lowest BCUT2D eigenvalue weighted by Crippen LogP contribution is -2.08. The number of rotatable bonds is 6. The highest BCUT2D eigenvalue weighted by Crippen LogP contribution is 2.01. The van der Waals surface area contributed by atoms with Gasteiger partial charge in [-0.25, -0.2) is 4.98 Å². The molecule has 2 aromatic rings. The monoisotopic (exact) mass is 230 g/mol. The highest BCUT2D eigenvalue weighted by atomic mass is 16.5. The van der Waals surface area contributed by atoms with Gasteiger partial charge in [0.15, 0.2) is 12.1 Å². The van der Waals surface area contributed by atoms with Crippen molar-refractivity contribution in [2.45, 2.75) is 13.2 Å². The van der Waals surface area contributed by atoms with Crippen LogP contribution in [0.25, 0.3) is 0 Å². The van der Waals surface area contributed by atoms with Gasteiger partial charge in [0.05, 0.1) is 13.2 Å². The van der Waals surface area contributed by atoms with E-state index in [-0.39, 0.29) is 0 Å². The van der Waals surface area contributed by atoms with E-state index in [1.807, 2.05) is 30.3 Å². The van der Waals surface area contributed by atoms with Crippen molar-refractivity contribution in [3.63, 3.8) is 0 Å². The molecule has 0 bridgehead atoms. The fourth-order valence-corrected chi connectivity index (χ4v) is 1.56. The minimum Gasteiger partial charge on any atom is -0.375 e. The van der Waals surface area contributed by atoms with Crippen LogP contribution in [0.4, 0.5) is 0 Å². The number of carbonyl (C=O) groups is 1. The third kappa shape index (κ3) is 3.26. The lowest BCUT2D eigenvalue weighted by Gasteiger charge is -2.06. The second kappa shape index (κ2) is 5.96. The van der Waals surface area contributed by atoms with E-state index in [1.165, 1.54) is 0 Å². The lowest BCUT2D eigenvalue weighted by atomic mass is 10.2. The summed E-state index contributed by atoms with van der Waals surface area (Å²) in [5, 5.41) is 0. The number of imidazole rings is 1. The maximum atomic E-state index is 10.6. The van der Waals surface area contributed by atoms with Crippen LogP contribution in [0.5, 0.6) is 0 Å². The van der Waals surface area contributed by atoms with Gasteiger partial charge in [0.25, 0.3) is 0 Å². The van der Waals surface area contributed by atoms with Crippen molar-refractivity contribution < 1.29 is 9.53 Å². The van der Waals surface area contributed by atoms with Crippen molar-refractivity contribution in [1.29, 1.82) is 0 Å². The van der Waals surface area contributed by atoms with Crippen LogP contribution in [0.3, 0.4) is 0 Å². The highest BCUT2D eigenvalue weighted by molar-refractivity contribution is 5.69. The fraction of sp³-hybridized carbons (Fsp3) is 0.231. The van der Waals surface area contributed by atoms with Gasteiger partial charge in [-0.3, -0.25) is 4.79 Å². The average Bonchev–Trinajstić information content (AvgIpc) is 2.83. The molecule has 1 heterocycles. The first-order valence-corrected chi connectivity index (χ1v) is 5.48. The third-order valence-corrected chi connectivity index (χ3v) is 2.44. The summed E-state index contributed by atoms with van der Waals surface area (Å²) in [7, 11) is 0. The zero-order valence-electron chi connectivity index (χ0n) is 9.45. The van der Waals surface area contributed by atoms with Gasteiger partial charge >= 0.3 is 0 Å². The van der Waals surface area contributed by atoms with Crippen LogP contribution in [0.15, 0.2) is 42.7 Å². The van der Waals surface area contributed by atoms with E-state index in [0.717, 1.165) is 11.8 Å². The van der Waals surface area contributed by atoms with Gasteiger partial charge in [-0.05, 0) is 5.56 Å². The molecule has 0 atom stereocenters. The Morgan fingerprint density at radius 2 is 2.12 bits per heavy atom. The first kappa shape index (κ1) is 11.5. The van der Waals surface area contributed by atoms with Gasteiger partial charge in [0, 0.05) is 18.9 Å². The van der Waals surface area contributed by atoms with Crippen LogP contribution >= 0.6 is 0 Å². The maximum absolute atomic E-state index is 10.6. The summed E-state index contributed by atoms with van der Waals surface area (Å²) in [6, 6.07) is 9.99. The number of ether oxygens (including phenoxy) is 1. The predicted molar refractivity (Wildman–Crippen MR) is 63.7 cm³/mol. The largest absolute Gasteiger partial charge is 0.375 e. The first-order chi connectivity index (χ1) is 8.40. The SMILES string of the molecule is O=Cc1nccn1CCOCc1ccccc1. The Morgan fingerprint density at radius 3 is 2.88 bits per heavy atom. The molecule has 0 aliphatic carbocycles. The Labute approximate surface area is 99.9 Å². The average molecular weight is 230 g/mol. The minimum absolute atomic E-state index is 0.438. The molecule has 1 aromatic carbocycles. The zero-order chi connectivity index (χ0) is 11.9. The third-order valence-electron chi connectivity index (χ3n) is 2.44. The zero-order valence-corrected chi connectivity index (χ0v) is 9.45. The van der Waals surface area contributed by atoms with Gasteiger partial charge in [-0.15, -0.1) is 0 Å². The van der Waals surface area contributed by atoms with E-state index < -0.39 is 0 Å². The normalized spacial score (nSPS) is 10.4. The maximum Gasteiger partial charge on any atom is 0.185 e. The van der Waals surface area contributed by atoms with Crippen LogP contribution < -0.4 is 0 Å². The first-order valence-electron chi connectivity index (χ1n) is 5.48. The van der Waals surface area contributed by atoms with E-state index in [4.69, 9.17) is 4.74 Å². The molecule has 0 unspecified atom stereocenters. The van der Waals surface area contributed by atoms with Crippen molar-refractivity contribution in [2.24, 2.45) is 0 Å². The van der Waals surface area contributed by atoms with Crippen molar-refractivity contribution in [1.82, 2.24) is 9.55 Å². The number of carbonyl (C=O) groups excluding carboxylic acids is 1. The summed E-state index contributed by atoms with van der Waals surface area (Å²) in [4.78, 5) is 14.5. The molecular formula is C13H14N2O2. The number of aromatic nitrogens is 2. The Balaban J connectivity index is 1.75. The van der Waals surface area contributed by atoms with E-state index in [0.29, 0.717) is 25.6 Å². The Kier molecular flexibility index (Phi) is 4.05. The molecule has 0 saturated heterocycles. The summed E-state index contributed by atoms with van der Waals surface area (Å²) >= 11 is 0. The van der Waals surface area contributed by atoms with Crippen LogP contribution in [0.2, 0.25) is 0 Å². The van der Waals surface area contributed by atoms with Crippen LogP contribution in [0, 0.1) is 0 Å². The van der Waals surface area contributed by atoms with Crippen molar-refractivity contribution in [2.75, 3.05) is 6.61 Å². The molecule has 0 saturated carbocycles. The van der Waals surface area contributed by atoms with Gasteiger partial charge in [0.1, 0.15) is 0 Å². The topological polar surface area (TPSA) is 44.1 Å². The summed E-state index contributed by atoms with van der Waals surface area (Å²) < 4.78 is 7.30. The molecule has 1 aromatic heterocycles. The standard InChI is InChI=1S/C13H14N2O2/c16-10-13-14-6-7-15(13)8-9-17-11-12-4-2-1-3-5-12/h1-7,10H,8-9,11H2. The molecule has 4 nitrogen and oxygen atoms in total. The molecule has 0 spiro atoms. The van der Waals surface area contributed by atoms with Crippen LogP contribution in [-0.4, -0.2) is 22.4 Å². The van der Waals surface area contributed by atoms with E-state index in [2.05, 4.69) is 4.98 Å². The molecule has 0 N–H and O–H groups in total. The van der Waals surface area contributed by atoms with Crippen LogP contribution in [0.1, 0.15) is 16.2 Å². The fourth-order valence-electron chi connectivity index (χ4n) is 1.56. The molecule has 17 heavy (non-hydrogen) atoms. The minimum atomic E-state index is 0.438. The quantitative estimate of drug-likeness (QED) is 0.562. The smallest absolute Gasteiger partial charge is 0.185 e. The molecule has 0 aliphatic heterocycles.